The molecule has 1 heterocycles. The highest BCUT2D eigenvalue weighted by Crippen LogP contribution is 2.31. The maximum absolute atomic E-state index is 11.0. The lowest BCUT2D eigenvalue weighted by Crippen LogP contribution is -2.28. The van der Waals surface area contributed by atoms with Crippen LogP contribution in [0, 0.1) is 0 Å². The van der Waals surface area contributed by atoms with E-state index in [1.165, 1.54) is 25.7 Å². The van der Waals surface area contributed by atoms with Crippen LogP contribution in [0.25, 0.3) is 0 Å². The van der Waals surface area contributed by atoms with Crippen LogP contribution in [0.5, 0.6) is 0 Å². The number of hydrogen-bond acceptors (Lipinski definition) is 4. The van der Waals surface area contributed by atoms with Crippen LogP contribution >= 0.6 is 11.3 Å². The molecule has 0 aliphatic heterocycles. The molecule has 0 radical (unpaired) electrons. The van der Waals surface area contributed by atoms with Crippen molar-refractivity contribution in [1.29, 1.82) is 0 Å². The smallest absolute Gasteiger partial charge is 0.186 e. The second-order valence-electron chi connectivity index (χ2n) is 4.72. The van der Waals surface area contributed by atoms with E-state index >= 15 is 0 Å². The molecule has 0 unspecified atom stereocenters. The number of aryl methyl sites for hydroxylation is 1. The summed E-state index contributed by atoms with van der Waals surface area (Å²) in [6.07, 6.45) is 8.06. The second kappa shape index (κ2) is 5.63. The zero-order valence-corrected chi connectivity index (χ0v) is 11.4. The third-order valence-corrected chi connectivity index (χ3v) is 4.60. The largest absolute Gasteiger partial charge is 0.348 e. The highest BCUT2D eigenvalue weighted by Gasteiger charge is 2.23. The summed E-state index contributed by atoms with van der Waals surface area (Å²) in [6.45, 7) is 2.12. The van der Waals surface area contributed by atoms with Crippen LogP contribution in [0.3, 0.4) is 0 Å². The van der Waals surface area contributed by atoms with Crippen molar-refractivity contribution in [1.82, 2.24) is 4.98 Å². The number of aromatic nitrogens is 1. The minimum Gasteiger partial charge on any atom is -0.348 e. The number of thiazole rings is 1. The topological polar surface area (TPSA) is 33.2 Å². The SMILES string of the molecule is CCCc1nc(N(C)C2CCCC2)sc1C=O. The van der Waals surface area contributed by atoms with E-state index in [0.29, 0.717) is 6.04 Å². The van der Waals surface area contributed by atoms with E-state index in [1.54, 1.807) is 11.3 Å². The van der Waals surface area contributed by atoms with Crippen LogP contribution in [-0.2, 0) is 6.42 Å². The number of carbonyl (C=O) groups excluding carboxylic acids is 1. The number of anilines is 1. The van der Waals surface area contributed by atoms with Crippen molar-refractivity contribution in [2.75, 3.05) is 11.9 Å². The number of aldehydes is 1. The fourth-order valence-corrected chi connectivity index (χ4v) is 3.42. The van der Waals surface area contributed by atoms with Gasteiger partial charge in [0, 0.05) is 13.1 Å². The monoisotopic (exact) mass is 252 g/mol. The van der Waals surface area contributed by atoms with Crippen molar-refractivity contribution in [2.45, 2.75) is 51.5 Å². The average molecular weight is 252 g/mol. The van der Waals surface area contributed by atoms with Crippen molar-refractivity contribution in [3.63, 3.8) is 0 Å². The first-order chi connectivity index (χ1) is 8.26. The van der Waals surface area contributed by atoms with Crippen molar-refractivity contribution in [3.05, 3.63) is 10.6 Å². The van der Waals surface area contributed by atoms with E-state index in [4.69, 9.17) is 0 Å². The molecule has 1 saturated carbocycles. The Balaban J connectivity index is 2.16. The Morgan fingerprint density at radius 3 is 2.76 bits per heavy atom. The maximum atomic E-state index is 11.0. The number of nitrogens with zero attached hydrogens (tertiary/aromatic N) is 2. The molecule has 1 aromatic rings. The Morgan fingerprint density at radius 2 is 2.18 bits per heavy atom. The van der Waals surface area contributed by atoms with Gasteiger partial charge in [0.25, 0.3) is 0 Å². The Labute approximate surface area is 107 Å². The number of rotatable bonds is 5. The highest BCUT2D eigenvalue weighted by atomic mass is 32.1. The van der Waals surface area contributed by atoms with E-state index in [1.807, 2.05) is 0 Å². The van der Waals surface area contributed by atoms with Gasteiger partial charge >= 0.3 is 0 Å². The van der Waals surface area contributed by atoms with Gasteiger partial charge < -0.3 is 4.90 Å². The second-order valence-corrected chi connectivity index (χ2v) is 5.73. The van der Waals surface area contributed by atoms with Crippen molar-refractivity contribution in [2.24, 2.45) is 0 Å². The lowest BCUT2D eigenvalue weighted by molar-refractivity contribution is 0.112. The molecule has 0 atom stereocenters. The molecule has 3 nitrogen and oxygen atoms in total. The standard InChI is InChI=1S/C13H20N2OS/c1-3-6-11-12(9-16)17-13(14-11)15(2)10-7-4-5-8-10/h9-10H,3-8H2,1-2H3. The van der Waals surface area contributed by atoms with Gasteiger partial charge in [0.1, 0.15) is 0 Å². The van der Waals surface area contributed by atoms with Crippen LogP contribution < -0.4 is 4.90 Å². The molecular weight excluding hydrogens is 232 g/mol. The molecule has 0 N–H and O–H groups in total. The summed E-state index contributed by atoms with van der Waals surface area (Å²) >= 11 is 1.54. The lowest BCUT2D eigenvalue weighted by atomic mass is 10.2. The molecule has 0 amide bonds. The summed E-state index contributed by atoms with van der Waals surface area (Å²) in [5, 5.41) is 1.02. The van der Waals surface area contributed by atoms with Crippen LogP contribution in [0.15, 0.2) is 0 Å². The van der Waals surface area contributed by atoms with Gasteiger partial charge in [0.15, 0.2) is 11.4 Å². The Morgan fingerprint density at radius 1 is 1.47 bits per heavy atom. The Bertz CT molecular complexity index is 383. The van der Waals surface area contributed by atoms with Gasteiger partial charge in [0.2, 0.25) is 0 Å². The summed E-state index contributed by atoms with van der Waals surface area (Å²) in [5.74, 6) is 0. The number of carbonyl (C=O) groups is 1. The molecule has 0 saturated heterocycles. The molecule has 0 aromatic carbocycles. The van der Waals surface area contributed by atoms with Crippen LogP contribution in [0.2, 0.25) is 0 Å². The minimum absolute atomic E-state index is 0.620. The predicted molar refractivity (Wildman–Crippen MR) is 72.2 cm³/mol. The van der Waals surface area contributed by atoms with Gasteiger partial charge in [-0.1, -0.05) is 37.5 Å². The molecular formula is C13H20N2OS. The van der Waals surface area contributed by atoms with E-state index in [0.717, 1.165) is 34.8 Å². The van der Waals surface area contributed by atoms with Gasteiger partial charge in [-0.25, -0.2) is 4.98 Å². The van der Waals surface area contributed by atoms with E-state index in [9.17, 15) is 4.79 Å². The molecule has 2 rings (SSSR count). The zero-order chi connectivity index (χ0) is 12.3. The quantitative estimate of drug-likeness (QED) is 0.754. The fourth-order valence-electron chi connectivity index (χ4n) is 2.46. The van der Waals surface area contributed by atoms with Gasteiger partial charge in [-0.05, 0) is 19.3 Å². The molecule has 0 spiro atoms. The molecule has 0 bridgehead atoms. The van der Waals surface area contributed by atoms with Crippen LogP contribution in [0.4, 0.5) is 5.13 Å². The average Bonchev–Trinajstić information content (AvgIpc) is 2.97. The van der Waals surface area contributed by atoms with E-state index in [-0.39, 0.29) is 0 Å². The summed E-state index contributed by atoms with van der Waals surface area (Å²) in [7, 11) is 2.11. The molecule has 94 valence electrons. The summed E-state index contributed by atoms with van der Waals surface area (Å²) < 4.78 is 0. The summed E-state index contributed by atoms with van der Waals surface area (Å²) in [4.78, 5) is 18.7. The Hall–Kier alpha value is -0.900. The maximum Gasteiger partial charge on any atom is 0.186 e. The summed E-state index contributed by atoms with van der Waals surface area (Å²) in [5.41, 5.74) is 0.979. The molecule has 4 heteroatoms. The fraction of sp³-hybridized carbons (Fsp3) is 0.692. The van der Waals surface area contributed by atoms with E-state index < -0.39 is 0 Å². The first-order valence-corrected chi connectivity index (χ1v) is 7.25. The summed E-state index contributed by atoms with van der Waals surface area (Å²) in [6, 6.07) is 0.620. The molecule has 1 fully saturated rings. The van der Waals surface area contributed by atoms with Crippen molar-refractivity contribution < 1.29 is 4.79 Å². The third-order valence-electron chi connectivity index (χ3n) is 3.48. The van der Waals surface area contributed by atoms with Crippen molar-refractivity contribution in [3.8, 4) is 0 Å². The third kappa shape index (κ3) is 2.68. The van der Waals surface area contributed by atoms with E-state index in [2.05, 4.69) is 23.9 Å². The van der Waals surface area contributed by atoms with Gasteiger partial charge in [0.05, 0.1) is 10.6 Å². The normalized spacial score (nSPS) is 16.4. The predicted octanol–water partition coefficient (Wildman–Crippen LogP) is 3.29. The van der Waals surface area contributed by atoms with Crippen molar-refractivity contribution >= 4 is 22.8 Å². The minimum atomic E-state index is 0.620. The van der Waals surface area contributed by atoms with Gasteiger partial charge in [-0.2, -0.15) is 0 Å². The van der Waals surface area contributed by atoms with Gasteiger partial charge in [-0.15, -0.1) is 0 Å². The highest BCUT2D eigenvalue weighted by molar-refractivity contribution is 7.17. The van der Waals surface area contributed by atoms with Gasteiger partial charge in [-0.3, -0.25) is 4.79 Å². The molecule has 1 aliphatic rings. The first-order valence-electron chi connectivity index (χ1n) is 6.44. The lowest BCUT2D eigenvalue weighted by Gasteiger charge is -2.23. The first kappa shape index (κ1) is 12.6. The number of hydrogen-bond donors (Lipinski definition) is 0. The van der Waals surface area contributed by atoms with Crippen LogP contribution in [-0.4, -0.2) is 24.4 Å². The van der Waals surface area contributed by atoms with Crippen LogP contribution in [0.1, 0.15) is 54.4 Å². The zero-order valence-electron chi connectivity index (χ0n) is 10.6. The molecule has 17 heavy (non-hydrogen) atoms. The Kier molecular flexibility index (Phi) is 4.15. The molecule has 1 aromatic heterocycles. The molecule has 1 aliphatic carbocycles.